The molecular formula is C20H14Br3N3. The maximum Gasteiger partial charge on any atom is 0.162 e. The van der Waals surface area contributed by atoms with Crippen LogP contribution in [0.4, 0.5) is 5.69 Å². The van der Waals surface area contributed by atoms with Crippen LogP contribution in [0.2, 0.25) is 0 Å². The topological polar surface area (TPSA) is 50.7 Å². The Labute approximate surface area is 177 Å². The van der Waals surface area contributed by atoms with Crippen molar-refractivity contribution < 1.29 is 0 Å². The van der Waals surface area contributed by atoms with Gasteiger partial charge in [0.2, 0.25) is 0 Å². The molecule has 0 saturated heterocycles. The minimum atomic E-state index is 0.413. The number of benzene rings is 3. The molecule has 0 saturated carbocycles. The highest BCUT2D eigenvalue weighted by atomic mass is 79.9. The van der Waals surface area contributed by atoms with Crippen molar-refractivity contribution in [2.24, 2.45) is 15.7 Å². The molecule has 0 fully saturated rings. The zero-order valence-electron chi connectivity index (χ0n) is 13.5. The lowest BCUT2D eigenvalue weighted by Crippen LogP contribution is -2.16. The molecule has 0 aliphatic heterocycles. The van der Waals surface area contributed by atoms with E-state index in [1.165, 1.54) is 0 Å². The predicted octanol–water partition coefficient (Wildman–Crippen LogP) is 6.46. The zero-order valence-corrected chi connectivity index (χ0v) is 18.3. The van der Waals surface area contributed by atoms with Crippen molar-refractivity contribution in [2.45, 2.75) is 0 Å². The third-order valence-electron chi connectivity index (χ3n) is 3.53. The fourth-order valence-electron chi connectivity index (χ4n) is 2.19. The number of aliphatic imine (C=N–C) groups is 2. The smallest absolute Gasteiger partial charge is 0.162 e. The molecule has 0 aliphatic carbocycles. The van der Waals surface area contributed by atoms with E-state index in [4.69, 9.17) is 5.73 Å². The molecule has 130 valence electrons. The third-order valence-corrected chi connectivity index (χ3v) is 5.12. The van der Waals surface area contributed by atoms with Crippen LogP contribution in [0.5, 0.6) is 0 Å². The number of nitrogens with two attached hydrogens (primary N) is 1. The number of rotatable bonds is 3. The normalized spacial score (nSPS) is 12.3. The first-order valence-electron chi connectivity index (χ1n) is 7.71. The lowest BCUT2D eigenvalue weighted by molar-refractivity contribution is 1.42. The van der Waals surface area contributed by atoms with Crippen LogP contribution >= 0.6 is 47.8 Å². The molecule has 6 heteroatoms. The molecule has 26 heavy (non-hydrogen) atoms. The van der Waals surface area contributed by atoms with E-state index in [-0.39, 0.29) is 0 Å². The van der Waals surface area contributed by atoms with Crippen LogP contribution in [-0.2, 0) is 0 Å². The van der Waals surface area contributed by atoms with Crippen molar-refractivity contribution in [3.63, 3.8) is 0 Å². The van der Waals surface area contributed by atoms with Gasteiger partial charge in [0.1, 0.15) is 5.84 Å². The summed E-state index contributed by atoms with van der Waals surface area (Å²) >= 11 is 10.3. The molecule has 3 aromatic carbocycles. The van der Waals surface area contributed by atoms with E-state index in [2.05, 4.69) is 57.8 Å². The van der Waals surface area contributed by atoms with Crippen molar-refractivity contribution in [1.82, 2.24) is 0 Å². The molecule has 0 unspecified atom stereocenters. The molecule has 2 N–H and O–H groups in total. The van der Waals surface area contributed by atoms with Crippen molar-refractivity contribution in [2.75, 3.05) is 0 Å². The molecule has 3 nitrogen and oxygen atoms in total. The highest BCUT2D eigenvalue weighted by Gasteiger charge is 2.06. The van der Waals surface area contributed by atoms with Crippen molar-refractivity contribution >= 4 is 65.1 Å². The van der Waals surface area contributed by atoms with E-state index in [9.17, 15) is 0 Å². The van der Waals surface area contributed by atoms with Gasteiger partial charge in [-0.25, -0.2) is 9.98 Å². The molecular weight excluding hydrogens is 522 g/mol. The van der Waals surface area contributed by atoms with Gasteiger partial charge in [-0.05, 0) is 48.5 Å². The van der Waals surface area contributed by atoms with E-state index < -0.39 is 0 Å². The Morgan fingerprint density at radius 3 is 1.54 bits per heavy atom. The monoisotopic (exact) mass is 533 g/mol. The first kappa shape index (κ1) is 19.0. The fourth-order valence-corrected chi connectivity index (χ4v) is 2.98. The summed E-state index contributed by atoms with van der Waals surface area (Å²) < 4.78 is 2.99. The minimum Gasteiger partial charge on any atom is -0.383 e. The molecule has 0 heterocycles. The minimum absolute atomic E-state index is 0.413. The Hall–Kier alpha value is -1.76. The van der Waals surface area contributed by atoms with E-state index in [0.717, 1.165) is 30.2 Å². The highest BCUT2D eigenvalue weighted by molar-refractivity contribution is 9.11. The highest BCUT2D eigenvalue weighted by Crippen LogP contribution is 2.20. The summed E-state index contributed by atoms with van der Waals surface area (Å²) in [5, 5.41) is 0. The average molecular weight is 536 g/mol. The lowest BCUT2D eigenvalue weighted by Gasteiger charge is -2.06. The summed E-state index contributed by atoms with van der Waals surface area (Å²) in [5.74, 6) is 0.969. The molecule has 0 aromatic heterocycles. The van der Waals surface area contributed by atoms with Gasteiger partial charge >= 0.3 is 0 Å². The largest absolute Gasteiger partial charge is 0.383 e. The Balaban J connectivity index is 2.04. The van der Waals surface area contributed by atoms with Gasteiger partial charge in [0, 0.05) is 24.5 Å². The van der Waals surface area contributed by atoms with E-state index in [1.807, 2.05) is 72.8 Å². The molecule has 0 spiro atoms. The molecule has 0 bridgehead atoms. The fraction of sp³-hybridized carbons (Fsp3) is 0. The van der Waals surface area contributed by atoms with Crippen LogP contribution in [0.3, 0.4) is 0 Å². The van der Waals surface area contributed by atoms with Crippen LogP contribution in [0.15, 0.2) is 96.2 Å². The summed E-state index contributed by atoms with van der Waals surface area (Å²) in [7, 11) is 0. The zero-order chi connectivity index (χ0) is 18.5. The van der Waals surface area contributed by atoms with Gasteiger partial charge in [-0.2, -0.15) is 0 Å². The van der Waals surface area contributed by atoms with Crippen LogP contribution in [0.25, 0.3) is 0 Å². The molecule has 0 radical (unpaired) electrons. The first-order valence-corrected chi connectivity index (χ1v) is 10.1. The molecule has 0 atom stereocenters. The number of nitrogens with zero attached hydrogens (tertiary/aromatic N) is 2. The SMILES string of the molecule is NC(=NC(=Nc1ccc(Br)cc1)c1ccc(Br)cc1)c1ccc(Br)cc1. The number of amidine groups is 2. The second-order valence-corrected chi connectivity index (χ2v) is 8.17. The summed E-state index contributed by atoms with van der Waals surface area (Å²) in [6.07, 6.45) is 0. The maximum absolute atomic E-state index is 6.23. The Kier molecular flexibility index (Phi) is 6.40. The average Bonchev–Trinajstić information content (AvgIpc) is 2.64. The molecule has 3 aromatic rings. The van der Waals surface area contributed by atoms with Crippen LogP contribution in [-0.4, -0.2) is 11.7 Å². The third kappa shape index (κ3) is 5.13. The van der Waals surface area contributed by atoms with Gasteiger partial charge in [-0.3, -0.25) is 0 Å². The first-order chi connectivity index (χ1) is 12.5. The van der Waals surface area contributed by atoms with Gasteiger partial charge in [0.15, 0.2) is 5.84 Å². The van der Waals surface area contributed by atoms with Gasteiger partial charge in [0.25, 0.3) is 0 Å². The Morgan fingerprint density at radius 2 is 1.04 bits per heavy atom. The van der Waals surface area contributed by atoms with E-state index >= 15 is 0 Å². The van der Waals surface area contributed by atoms with Gasteiger partial charge in [-0.15, -0.1) is 0 Å². The predicted molar refractivity (Wildman–Crippen MR) is 119 cm³/mol. The number of hydrogen-bond donors (Lipinski definition) is 1. The van der Waals surface area contributed by atoms with Gasteiger partial charge in [-0.1, -0.05) is 72.1 Å². The van der Waals surface area contributed by atoms with Gasteiger partial charge < -0.3 is 5.73 Å². The second-order valence-electron chi connectivity index (χ2n) is 5.42. The van der Waals surface area contributed by atoms with Crippen LogP contribution in [0, 0.1) is 0 Å². The Bertz CT molecular complexity index is 945. The van der Waals surface area contributed by atoms with Crippen LogP contribution in [0.1, 0.15) is 11.1 Å². The second kappa shape index (κ2) is 8.75. The summed E-state index contributed by atoms with van der Waals surface area (Å²) in [5.41, 5.74) is 8.76. The molecule has 3 rings (SSSR count). The van der Waals surface area contributed by atoms with Crippen molar-refractivity contribution in [3.05, 3.63) is 97.3 Å². The summed E-state index contributed by atoms with van der Waals surface area (Å²) in [6, 6.07) is 23.3. The Morgan fingerprint density at radius 1 is 0.615 bits per heavy atom. The molecule has 0 aliphatic rings. The maximum atomic E-state index is 6.23. The van der Waals surface area contributed by atoms with Gasteiger partial charge in [0.05, 0.1) is 5.69 Å². The van der Waals surface area contributed by atoms with Crippen molar-refractivity contribution in [1.29, 1.82) is 0 Å². The quantitative estimate of drug-likeness (QED) is 0.304. The van der Waals surface area contributed by atoms with Crippen molar-refractivity contribution in [3.8, 4) is 0 Å². The summed E-state index contributed by atoms with van der Waals surface area (Å²) in [4.78, 5) is 9.28. The van der Waals surface area contributed by atoms with Crippen LogP contribution < -0.4 is 5.73 Å². The number of hydrogen-bond acceptors (Lipinski definition) is 1. The molecule has 0 amide bonds. The standard InChI is InChI=1S/C20H14Br3N3/c21-15-5-1-13(2-6-15)19(24)26-20(14-3-7-16(22)8-4-14)25-18-11-9-17(23)10-12-18/h1-12H,(H2,24,25,26). The lowest BCUT2D eigenvalue weighted by atomic mass is 10.2. The van der Waals surface area contributed by atoms with E-state index in [0.29, 0.717) is 11.7 Å². The number of halogens is 3. The van der Waals surface area contributed by atoms with E-state index in [1.54, 1.807) is 0 Å². The summed E-state index contributed by atoms with van der Waals surface area (Å²) in [6.45, 7) is 0.